The zero-order valence-electron chi connectivity index (χ0n) is 9.50. The molecule has 2 heteroatoms. The molecule has 0 aliphatic heterocycles. The summed E-state index contributed by atoms with van der Waals surface area (Å²) in [5.41, 5.74) is 5.68. The highest BCUT2D eigenvalue weighted by Gasteiger charge is 2.12. The van der Waals surface area contributed by atoms with Gasteiger partial charge in [-0.3, -0.25) is 0 Å². The van der Waals surface area contributed by atoms with Crippen molar-refractivity contribution < 1.29 is 4.74 Å². The van der Waals surface area contributed by atoms with Crippen LogP contribution in [-0.4, -0.2) is 18.8 Å². The standard InChI is InChI=1S/C12H25NO/c1-11(13)7-5-6-10-14-12-8-3-2-4-9-12/h11-12H,2-10,13H2,1H3. The summed E-state index contributed by atoms with van der Waals surface area (Å²) in [7, 11) is 0. The smallest absolute Gasteiger partial charge is 0.0575 e. The van der Waals surface area contributed by atoms with Gasteiger partial charge in [0.2, 0.25) is 0 Å². The summed E-state index contributed by atoms with van der Waals surface area (Å²) in [6.45, 7) is 3.01. The van der Waals surface area contributed by atoms with Gasteiger partial charge >= 0.3 is 0 Å². The van der Waals surface area contributed by atoms with Crippen molar-refractivity contribution in [3.8, 4) is 0 Å². The van der Waals surface area contributed by atoms with Crippen LogP contribution in [0.25, 0.3) is 0 Å². The van der Waals surface area contributed by atoms with Gasteiger partial charge in [0.1, 0.15) is 0 Å². The van der Waals surface area contributed by atoms with E-state index in [1.54, 1.807) is 0 Å². The van der Waals surface area contributed by atoms with Gasteiger partial charge in [-0.15, -0.1) is 0 Å². The Kier molecular flexibility index (Phi) is 6.20. The second kappa shape index (κ2) is 7.24. The Hall–Kier alpha value is -0.0800. The average molecular weight is 199 g/mol. The second-order valence-corrected chi connectivity index (χ2v) is 4.60. The molecule has 0 heterocycles. The van der Waals surface area contributed by atoms with Crippen molar-refractivity contribution in [3.63, 3.8) is 0 Å². The molecule has 1 saturated carbocycles. The van der Waals surface area contributed by atoms with Crippen LogP contribution in [0.15, 0.2) is 0 Å². The highest BCUT2D eigenvalue weighted by atomic mass is 16.5. The predicted octanol–water partition coefficient (Wildman–Crippen LogP) is 2.85. The van der Waals surface area contributed by atoms with Crippen molar-refractivity contribution >= 4 is 0 Å². The van der Waals surface area contributed by atoms with Crippen LogP contribution in [0.5, 0.6) is 0 Å². The topological polar surface area (TPSA) is 35.2 Å². The van der Waals surface area contributed by atoms with Crippen LogP contribution < -0.4 is 5.73 Å². The first-order valence-electron chi connectivity index (χ1n) is 6.16. The van der Waals surface area contributed by atoms with Crippen molar-refractivity contribution in [3.05, 3.63) is 0 Å². The highest BCUT2D eigenvalue weighted by Crippen LogP contribution is 2.20. The summed E-state index contributed by atoms with van der Waals surface area (Å²) in [5, 5.41) is 0. The van der Waals surface area contributed by atoms with Crippen LogP contribution in [0, 0.1) is 0 Å². The molecule has 2 nitrogen and oxygen atoms in total. The Bertz CT molecular complexity index is 130. The van der Waals surface area contributed by atoms with E-state index in [-0.39, 0.29) is 0 Å². The van der Waals surface area contributed by atoms with Crippen LogP contribution in [0.4, 0.5) is 0 Å². The minimum Gasteiger partial charge on any atom is -0.378 e. The Morgan fingerprint density at radius 2 is 1.93 bits per heavy atom. The van der Waals surface area contributed by atoms with E-state index in [1.807, 2.05) is 0 Å². The molecule has 0 spiro atoms. The van der Waals surface area contributed by atoms with E-state index in [0.717, 1.165) is 13.0 Å². The summed E-state index contributed by atoms with van der Waals surface area (Å²) in [5.74, 6) is 0. The summed E-state index contributed by atoms with van der Waals surface area (Å²) in [6.07, 6.45) is 10.8. The van der Waals surface area contributed by atoms with Crippen LogP contribution in [0.3, 0.4) is 0 Å². The molecule has 0 aromatic carbocycles. The predicted molar refractivity (Wildman–Crippen MR) is 60.3 cm³/mol. The number of nitrogens with two attached hydrogens (primary N) is 1. The molecule has 1 aliphatic rings. The Morgan fingerprint density at radius 3 is 2.57 bits per heavy atom. The third-order valence-electron chi connectivity index (χ3n) is 2.96. The number of rotatable bonds is 6. The molecule has 2 N–H and O–H groups in total. The molecular weight excluding hydrogens is 174 g/mol. The van der Waals surface area contributed by atoms with Crippen LogP contribution >= 0.6 is 0 Å². The molecule has 0 aromatic heterocycles. The number of hydrogen-bond donors (Lipinski definition) is 1. The monoisotopic (exact) mass is 199 g/mol. The summed E-state index contributed by atoms with van der Waals surface area (Å²) in [4.78, 5) is 0. The first kappa shape index (κ1) is 12.0. The first-order valence-corrected chi connectivity index (χ1v) is 6.16. The summed E-state index contributed by atoms with van der Waals surface area (Å²) < 4.78 is 5.82. The Labute approximate surface area is 88.2 Å². The summed E-state index contributed by atoms with van der Waals surface area (Å²) in [6, 6.07) is 0.352. The van der Waals surface area contributed by atoms with Gasteiger partial charge in [-0.1, -0.05) is 19.3 Å². The molecule has 1 unspecified atom stereocenters. The van der Waals surface area contributed by atoms with Crippen molar-refractivity contribution in [2.45, 2.75) is 70.4 Å². The maximum atomic E-state index is 5.82. The number of hydrogen-bond acceptors (Lipinski definition) is 2. The Balaban J connectivity index is 1.87. The molecule has 0 amide bonds. The molecule has 1 rings (SSSR count). The molecule has 0 radical (unpaired) electrons. The molecule has 84 valence electrons. The van der Waals surface area contributed by atoms with Crippen molar-refractivity contribution in [1.29, 1.82) is 0 Å². The first-order chi connectivity index (χ1) is 6.79. The summed E-state index contributed by atoms with van der Waals surface area (Å²) >= 11 is 0. The van der Waals surface area contributed by atoms with Gasteiger partial charge in [0, 0.05) is 12.6 Å². The molecule has 1 atom stereocenters. The van der Waals surface area contributed by atoms with Gasteiger partial charge in [0.15, 0.2) is 0 Å². The van der Waals surface area contributed by atoms with Gasteiger partial charge in [-0.25, -0.2) is 0 Å². The zero-order chi connectivity index (χ0) is 10.2. The van der Waals surface area contributed by atoms with E-state index >= 15 is 0 Å². The van der Waals surface area contributed by atoms with Crippen molar-refractivity contribution in [1.82, 2.24) is 0 Å². The van der Waals surface area contributed by atoms with E-state index in [2.05, 4.69) is 6.92 Å². The van der Waals surface area contributed by atoms with E-state index in [1.165, 1.54) is 44.9 Å². The minimum absolute atomic E-state index is 0.352. The van der Waals surface area contributed by atoms with Gasteiger partial charge in [0.05, 0.1) is 6.10 Å². The molecule has 0 bridgehead atoms. The van der Waals surface area contributed by atoms with E-state index in [4.69, 9.17) is 10.5 Å². The van der Waals surface area contributed by atoms with Crippen LogP contribution in [0.1, 0.15) is 58.3 Å². The van der Waals surface area contributed by atoms with Gasteiger partial charge < -0.3 is 10.5 Å². The highest BCUT2D eigenvalue weighted by molar-refractivity contribution is 4.65. The quantitative estimate of drug-likeness (QED) is 0.668. The van der Waals surface area contributed by atoms with Crippen LogP contribution in [0.2, 0.25) is 0 Å². The fourth-order valence-electron chi connectivity index (χ4n) is 2.05. The number of unbranched alkanes of at least 4 members (excludes halogenated alkanes) is 1. The van der Waals surface area contributed by atoms with Gasteiger partial charge in [0.25, 0.3) is 0 Å². The van der Waals surface area contributed by atoms with Crippen molar-refractivity contribution in [2.24, 2.45) is 5.73 Å². The molecule has 1 fully saturated rings. The van der Waals surface area contributed by atoms with E-state index in [0.29, 0.717) is 12.1 Å². The minimum atomic E-state index is 0.352. The normalized spacial score (nSPS) is 21.0. The fourth-order valence-corrected chi connectivity index (χ4v) is 2.05. The SMILES string of the molecule is CC(N)CCCCOC1CCCCC1. The fraction of sp³-hybridized carbons (Fsp3) is 1.00. The lowest BCUT2D eigenvalue weighted by Crippen LogP contribution is -2.18. The third kappa shape index (κ3) is 5.61. The lowest BCUT2D eigenvalue weighted by atomic mass is 9.98. The Morgan fingerprint density at radius 1 is 1.21 bits per heavy atom. The molecule has 14 heavy (non-hydrogen) atoms. The van der Waals surface area contributed by atoms with Crippen molar-refractivity contribution in [2.75, 3.05) is 6.61 Å². The zero-order valence-corrected chi connectivity index (χ0v) is 9.50. The third-order valence-corrected chi connectivity index (χ3v) is 2.96. The molecular formula is C12H25NO. The molecule has 0 saturated heterocycles. The molecule has 1 aliphatic carbocycles. The van der Waals surface area contributed by atoms with Gasteiger partial charge in [-0.2, -0.15) is 0 Å². The molecule has 0 aromatic rings. The van der Waals surface area contributed by atoms with Crippen LogP contribution in [-0.2, 0) is 4.74 Å². The maximum Gasteiger partial charge on any atom is 0.0575 e. The van der Waals surface area contributed by atoms with E-state index in [9.17, 15) is 0 Å². The number of ether oxygens (including phenoxy) is 1. The van der Waals surface area contributed by atoms with Gasteiger partial charge in [-0.05, 0) is 39.0 Å². The average Bonchev–Trinajstić information content (AvgIpc) is 2.18. The second-order valence-electron chi connectivity index (χ2n) is 4.60. The maximum absolute atomic E-state index is 5.82. The van der Waals surface area contributed by atoms with E-state index < -0.39 is 0 Å². The largest absolute Gasteiger partial charge is 0.378 e. The lowest BCUT2D eigenvalue weighted by Gasteiger charge is -2.21. The lowest BCUT2D eigenvalue weighted by molar-refractivity contribution is 0.0262.